The molecule has 5 heteroatoms. The molecule has 0 aliphatic carbocycles. The predicted octanol–water partition coefficient (Wildman–Crippen LogP) is 2.54. The summed E-state index contributed by atoms with van der Waals surface area (Å²) in [6.07, 6.45) is 5.25. The lowest BCUT2D eigenvalue weighted by Gasteiger charge is -2.28. The van der Waals surface area contributed by atoms with E-state index in [4.69, 9.17) is 5.73 Å². The second-order valence-electron chi connectivity index (χ2n) is 5.27. The maximum atomic E-state index is 6.10. The van der Waals surface area contributed by atoms with Gasteiger partial charge in [-0.1, -0.05) is 12.1 Å². The molecular weight excluding hydrogens is 268 g/mol. The number of hydrogen-bond donors (Lipinski definition) is 1. The summed E-state index contributed by atoms with van der Waals surface area (Å²) in [4.78, 5) is 8.14. The quantitative estimate of drug-likeness (QED) is 0.736. The van der Waals surface area contributed by atoms with Crippen molar-refractivity contribution in [3.63, 3.8) is 0 Å². The van der Waals surface area contributed by atoms with Gasteiger partial charge in [-0.15, -0.1) is 11.3 Å². The van der Waals surface area contributed by atoms with Crippen LogP contribution in [-0.2, 0) is 19.5 Å². The monoisotopic (exact) mass is 284 g/mol. The van der Waals surface area contributed by atoms with Gasteiger partial charge in [0.2, 0.25) is 0 Å². The number of anilines is 1. The third-order valence-corrected chi connectivity index (χ3v) is 4.69. The number of aromatic nitrogens is 2. The molecular formula is C15H16N4S. The van der Waals surface area contributed by atoms with Gasteiger partial charge in [0.1, 0.15) is 0 Å². The lowest BCUT2D eigenvalue weighted by atomic mass is 9.98. The first-order valence-electron chi connectivity index (χ1n) is 6.79. The molecule has 4 rings (SSSR count). The van der Waals surface area contributed by atoms with Crippen molar-refractivity contribution in [2.45, 2.75) is 19.5 Å². The molecule has 0 fully saturated rings. The lowest BCUT2D eigenvalue weighted by Crippen LogP contribution is -2.30. The molecule has 1 aliphatic rings. The van der Waals surface area contributed by atoms with Gasteiger partial charge in [0.25, 0.3) is 0 Å². The molecule has 0 amide bonds. The molecule has 3 heterocycles. The zero-order chi connectivity index (χ0) is 13.5. The highest BCUT2D eigenvalue weighted by Crippen LogP contribution is 2.25. The van der Waals surface area contributed by atoms with Gasteiger partial charge < -0.3 is 5.73 Å². The van der Waals surface area contributed by atoms with Crippen molar-refractivity contribution in [1.29, 1.82) is 0 Å². The van der Waals surface area contributed by atoms with Gasteiger partial charge in [0.15, 0.2) is 4.96 Å². The van der Waals surface area contributed by atoms with Crippen LogP contribution in [0.4, 0.5) is 5.69 Å². The minimum absolute atomic E-state index is 0.891. The van der Waals surface area contributed by atoms with Gasteiger partial charge in [-0.05, 0) is 23.6 Å². The van der Waals surface area contributed by atoms with Crippen LogP contribution in [0.15, 0.2) is 36.0 Å². The number of nitrogens with zero attached hydrogens (tertiary/aromatic N) is 3. The number of hydrogen-bond acceptors (Lipinski definition) is 4. The van der Waals surface area contributed by atoms with Gasteiger partial charge in [-0.3, -0.25) is 9.30 Å². The molecule has 2 aromatic heterocycles. The Kier molecular flexibility index (Phi) is 2.75. The Balaban J connectivity index is 1.56. The standard InChI is InChI=1S/C15H16N4S/c16-14-3-1-2-11-4-5-18(10-13(11)14)8-12-9-19-6-7-20-15(19)17-12/h1-3,6-7,9H,4-5,8,10,16H2. The van der Waals surface area contributed by atoms with E-state index in [9.17, 15) is 0 Å². The van der Waals surface area contributed by atoms with E-state index in [1.54, 1.807) is 11.3 Å². The van der Waals surface area contributed by atoms with Crippen LogP contribution in [0.1, 0.15) is 16.8 Å². The van der Waals surface area contributed by atoms with E-state index >= 15 is 0 Å². The summed E-state index contributed by atoms with van der Waals surface area (Å²) in [6.45, 7) is 2.89. The normalized spacial score (nSPS) is 15.6. The molecule has 0 saturated carbocycles. The Morgan fingerprint density at radius 1 is 1.35 bits per heavy atom. The van der Waals surface area contributed by atoms with Crippen LogP contribution in [0.25, 0.3) is 4.96 Å². The number of thiazole rings is 1. The van der Waals surface area contributed by atoms with Crippen LogP contribution in [0, 0.1) is 0 Å². The number of fused-ring (bicyclic) bond motifs is 2. The predicted molar refractivity (Wildman–Crippen MR) is 81.7 cm³/mol. The van der Waals surface area contributed by atoms with E-state index in [1.165, 1.54) is 11.1 Å². The molecule has 20 heavy (non-hydrogen) atoms. The maximum Gasteiger partial charge on any atom is 0.193 e. The molecule has 1 aromatic carbocycles. The van der Waals surface area contributed by atoms with Gasteiger partial charge >= 0.3 is 0 Å². The molecule has 0 bridgehead atoms. The molecule has 4 nitrogen and oxygen atoms in total. The first kappa shape index (κ1) is 11.9. The summed E-state index contributed by atoms with van der Waals surface area (Å²) in [5, 5.41) is 2.06. The number of nitrogen functional groups attached to an aromatic ring is 1. The minimum atomic E-state index is 0.891. The number of benzene rings is 1. The average molecular weight is 284 g/mol. The van der Waals surface area contributed by atoms with Crippen LogP contribution in [0.3, 0.4) is 0 Å². The number of imidazole rings is 1. The number of rotatable bonds is 2. The largest absolute Gasteiger partial charge is 0.398 e. The zero-order valence-electron chi connectivity index (χ0n) is 11.1. The summed E-state index contributed by atoms with van der Waals surface area (Å²) in [5.74, 6) is 0. The SMILES string of the molecule is Nc1cccc2c1CN(Cc1cn3ccsc3n1)CC2. The van der Waals surface area contributed by atoms with Crippen molar-refractivity contribution in [2.75, 3.05) is 12.3 Å². The van der Waals surface area contributed by atoms with Crippen molar-refractivity contribution in [1.82, 2.24) is 14.3 Å². The van der Waals surface area contributed by atoms with E-state index < -0.39 is 0 Å². The first-order valence-corrected chi connectivity index (χ1v) is 7.67. The molecule has 0 saturated heterocycles. The van der Waals surface area contributed by atoms with Crippen LogP contribution < -0.4 is 5.73 Å². The fourth-order valence-corrected chi connectivity index (χ4v) is 3.60. The zero-order valence-corrected chi connectivity index (χ0v) is 11.9. The summed E-state index contributed by atoms with van der Waals surface area (Å²) < 4.78 is 2.09. The van der Waals surface area contributed by atoms with Gasteiger partial charge in [-0.25, -0.2) is 4.98 Å². The third-order valence-electron chi connectivity index (χ3n) is 3.92. The summed E-state index contributed by atoms with van der Waals surface area (Å²) in [6, 6.07) is 6.23. The first-order chi connectivity index (χ1) is 9.79. The summed E-state index contributed by atoms with van der Waals surface area (Å²) in [5.41, 5.74) is 10.8. The number of nitrogens with two attached hydrogens (primary N) is 1. The molecule has 3 aromatic rings. The van der Waals surface area contributed by atoms with Crippen molar-refractivity contribution < 1.29 is 0 Å². The average Bonchev–Trinajstić information content (AvgIpc) is 3.01. The van der Waals surface area contributed by atoms with Crippen molar-refractivity contribution in [2.24, 2.45) is 0 Å². The minimum Gasteiger partial charge on any atom is -0.398 e. The molecule has 0 atom stereocenters. The Morgan fingerprint density at radius 2 is 2.30 bits per heavy atom. The highest BCUT2D eigenvalue weighted by molar-refractivity contribution is 7.15. The molecule has 0 spiro atoms. The molecule has 1 aliphatic heterocycles. The van der Waals surface area contributed by atoms with Crippen LogP contribution in [0.5, 0.6) is 0 Å². The summed E-state index contributed by atoms with van der Waals surface area (Å²) >= 11 is 1.67. The van der Waals surface area contributed by atoms with Crippen LogP contribution in [-0.4, -0.2) is 20.8 Å². The Bertz CT molecular complexity index is 730. The van der Waals surface area contributed by atoms with Gasteiger partial charge in [0.05, 0.1) is 5.69 Å². The van der Waals surface area contributed by atoms with E-state index in [0.29, 0.717) is 0 Å². The van der Waals surface area contributed by atoms with Crippen LogP contribution >= 0.6 is 11.3 Å². The van der Waals surface area contributed by atoms with Gasteiger partial charge in [-0.2, -0.15) is 0 Å². The van der Waals surface area contributed by atoms with E-state index in [-0.39, 0.29) is 0 Å². The fourth-order valence-electron chi connectivity index (χ4n) is 2.88. The van der Waals surface area contributed by atoms with Crippen molar-refractivity contribution in [3.05, 3.63) is 52.8 Å². The summed E-state index contributed by atoms with van der Waals surface area (Å²) in [7, 11) is 0. The topological polar surface area (TPSA) is 46.6 Å². The highest BCUT2D eigenvalue weighted by atomic mass is 32.1. The Labute approximate surface area is 121 Å². The maximum absolute atomic E-state index is 6.10. The Morgan fingerprint density at radius 3 is 3.20 bits per heavy atom. The van der Waals surface area contributed by atoms with E-state index in [2.05, 4.69) is 38.1 Å². The fraction of sp³-hybridized carbons (Fsp3) is 0.267. The second-order valence-corrected chi connectivity index (χ2v) is 6.14. The van der Waals surface area contributed by atoms with Crippen LogP contribution in [0.2, 0.25) is 0 Å². The van der Waals surface area contributed by atoms with Crippen molar-refractivity contribution >= 4 is 22.0 Å². The lowest BCUT2D eigenvalue weighted by molar-refractivity contribution is 0.243. The molecule has 2 N–H and O–H groups in total. The molecule has 0 unspecified atom stereocenters. The van der Waals surface area contributed by atoms with E-state index in [0.717, 1.165) is 42.4 Å². The second kappa shape index (κ2) is 4.61. The highest BCUT2D eigenvalue weighted by Gasteiger charge is 2.19. The van der Waals surface area contributed by atoms with E-state index in [1.807, 2.05) is 12.1 Å². The Hall–Kier alpha value is -1.85. The van der Waals surface area contributed by atoms with Crippen molar-refractivity contribution in [3.8, 4) is 0 Å². The molecule has 102 valence electrons. The molecule has 0 radical (unpaired) electrons. The smallest absolute Gasteiger partial charge is 0.193 e. The van der Waals surface area contributed by atoms with Gasteiger partial charge in [0, 0.05) is 43.1 Å². The third kappa shape index (κ3) is 1.99.